The summed E-state index contributed by atoms with van der Waals surface area (Å²) in [5.41, 5.74) is 0.958. The molecule has 2 fully saturated rings. The fraction of sp³-hybridized carbons (Fsp3) is 0.680. The average Bonchev–Trinajstić information content (AvgIpc) is 3.61. The lowest BCUT2D eigenvalue weighted by atomic mass is 9.99. The van der Waals surface area contributed by atoms with Crippen LogP contribution in [0, 0.1) is 11.8 Å². The summed E-state index contributed by atoms with van der Waals surface area (Å²) in [4.78, 5) is 19.2. The number of nitrogens with zero attached hydrogens (tertiary/aromatic N) is 2. The van der Waals surface area contributed by atoms with E-state index in [2.05, 4.69) is 27.8 Å². The Balaban J connectivity index is 0.00000385. The van der Waals surface area contributed by atoms with E-state index < -0.39 is 0 Å². The fourth-order valence-corrected chi connectivity index (χ4v) is 3.79. The van der Waals surface area contributed by atoms with E-state index in [-0.39, 0.29) is 41.9 Å². The normalized spacial score (nSPS) is 17.4. The fourth-order valence-electron chi connectivity index (χ4n) is 3.79. The number of carbonyl (C=O) groups excluding carboxylic acids is 1. The summed E-state index contributed by atoms with van der Waals surface area (Å²) in [6.07, 6.45) is 5.86. The molecule has 0 spiro atoms. The highest BCUT2D eigenvalue weighted by Crippen LogP contribution is 2.28. The molecule has 1 saturated carbocycles. The highest BCUT2D eigenvalue weighted by atomic mass is 127. The molecule has 8 heteroatoms. The van der Waals surface area contributed by atoms with Gasteiger partial charge in [-0.2, -0.15) is 0 Å². The molecular weight excluding hydrogens is 529 g/mol. The van der Waals surface area contributed by atoms with Crippen LogP contribution in [-0.2, 0) is 4.79 Å². The zero-order chi connectivity index (χ0) is 22.8. The Labute approximate surface area is 216 Å². The number of carbonyl (C=O) groups is 1. The Morgan fingerprint density at radius 2 is 1.76 bits per heavy atom. The van der Waals surface area contributed by atoms with E-state index in [1.807, 2.05) is 38.1 Å². The minimum Gasteiger partial charge on any atom is -0.491 e. The molecule has 0 radical (unpaired) electrons. The third-order valence-electron chi connectivity index (χ3n) is 5.93. The molecule has 1 aliphatic carbocycles. The summed E-state index contributed by atoms with van der Waals surface area (Å²) in [5.74, 6) is 2.88. The van der Waals surface area contributed by atoms with Gasteiger partial charge in [-0.05, 0) is 95.8 Å². The summed E-state index contributed by atoms with van der Waals surface area (Å²) < 4.78 is 5.73. The predicted octanol–water partition coefficient (Wildman–Crippen LogP) is 4.10. The largest absolute Gasteiger partial charge is 0.491 e. The van der Waals surface area contributed by atoms with E-state index >= 15 is 0 Å². The number of likely N-dealkylation sites (tertiary alicyclic amines) is 1. The summed E-state index contributed by atoms with van der Waals surface area (Å²) >= 11 is 0. The highest BCUT2D eigenvalue weighted by molar-refractivity contribution is 14.0. The van der Waals surface area contributed by atoms with Crippen LogP contribution in [0.2, 0.25) is 0 Å². The second kappa shape index (κ2) is 14.7. The molecule has 1 saturated heterocycles. The van der Waals surface area contributed by atoms with Crippen molar-refractivity contribution in [3.8, 4) is 5.75 Å². The maximum Gasteiger partial charge on any atom is 0.223 e. The van der Waals surface area contributed by atoms with Gasteiger partial charge in [0.25, 0.3) is 0 Å². The van der Waals surface area contributed by atoms with Crippen molar-refractivity contribution in [2.24, 2.45) is 16.8 Å². The number of nitrogens with one attached hydrogen (secondary N) is 3. The number of hydrogen-bond donors (Lipinski definition) is 3. The molecule has 2 aliphatic rings. The SMILES string of the molecule is CC1CCN(CCCN=C(NCCNC(=O)C2CC2)Nc2ccc(OC(C)C)cc2)CC1.I. The standard InChI is InChI=1S/C25H41N5O2.HI/c1-19(2)32-23-9-7-22(8-10-23)29-25(28-15-14-26-24(31)21-5-6-21)27-13-4-16-30-17-11-20(3)12-18-30;/h7-10,19-21H,4-6,11-18H2,1-3H3,(H,26,31)(H2,27,28,29);1H. The number of anilines is 1. The van der Waals surface area contributed by atoms with Gasteiger partial charge in [0.05, 0.1) is 6.10 Å². The van der Waals surface area contributed by atoms with E-state index in [0.29, 0.717) is 13.1 Å². The molecule has 33 heavy (non-hydrogen) atoms. The highest BCUT2D eigenvalue weighted by Gasteiger charge is 2.28. The van der Waals surface area contributed by atoms with Crippen molar-refractivity contribution in [2.75, 3.05) is 44.6 Å². The van der Waals surface area contributed by atoms with Crippen LogP contribution in [0.3, 0.4) is 0 Å². The lowest BCUT2D eigenvalue weighted by Crippen LogP contribution is -2.38. The number of rotatable bonds is 11. The van der Waals surface area contributed by atoms with Crippen LogP contribution < -0.4 is 20.7 Å². The predicted molar refractivity (Wildman–Crippen MR) is 147 cm³/mol. The minimum absolute atomic E-state index is 0. The first-order chi connectivity index (χ1) is 15.5. The topological polar surface area (TPSA) is 78.0 Å². The van der Waals surface area contributed by atoms with Gasteiger partial charge < -0.3 is 25.6 Å². The molecule has 0 bridgehead atoms. The number of piperidine rings is 1. The van der Waals surface area contributed by atoms with Crippen molar-refractivity contribution >= 4 is 41.5 Å². The maximum absolute atomic E-state index is 11.8. The Morgan fingerprint density at radius 3 is 2.39 bits per heavy atom. The number of benzene rings is 1. The van der Waals surface area contributed by atoms with Crippen LogP contribution in [0.25, 0.3) is 0 Å². The third kappa shape index (κ3) is 10.9. The summed E-state index contributed by atoms with van der Waals surface area (Å²) in [5, 5.41) is 9.73. The van der Waals surface area contributed by atoms with Gasteiger partial charge in [-0.15, -0.1) is 24.0 Å². The van der Waals surface area contributed by atoms with E-state index in [1.165, 1.54) is 25.9 Å². The first kappa shape index (κ1) is 27.7. The maximum atomic E-state index is 11.8. The molecule has 0 atom stereocenters. The molecule has 1 heterocycles. The number of guanidine groups is 1. The Hall–Kier alpha value is -1.55. The summed E-state index contributed by atoms with van der Waals surface area (Å²) in [7, 11) is 0. The zero-order valence-electron chi connectivity index (χ0n) is 20.4. The molecule has 1 aromatic rings. The van der Waals surface area contributed by atoms with Gasteiger partial charge in [0.1, 0.15) is 5.75 Å². The van der Waals surface area contributed by atoms with Crippen LogP contribution in [0.4, 0.5) is 5.69 Å². The first-order valence-electron chi connectivity index (χ1n) is 12.3. The van der Waals surface area contributed by atoms with Crippen molar-refractivity contribution in [2.45, 2.75) is 59.0 Å². The average molecular weight is 572 g/mol. The molecule has 0 unspecified atom stereocenters. The van der Waals surface area contributed by atoms with Crippen molar-refractivity contribution in [3.05, 3.63) is 24.3 Å². The first-order valence-corrected chi connectivity index (χ1v) is 12.3. The van der Waals surface area contributed by atoms with Crippen LogP contribution in [0.15, 0.2) is 29.3 Å². The smallest absolute Gasteiger partial charge is 0.223 e. The molecule has 3 rings (SSSR count). The molecular formula is C25H42IN5O2. The number of aliphatic imine (C=N–C) groups is 1. The lowest BCUT2D eigenvalue weighted by Gasteiger charge is -2.29. The van der Waals surface area contributed by atoms with Crippen molar-refractivity contribution in [1.82, 2.24) is 15.5 Å². The molecule has 186 valence electrons. The van der Waals surface area contributed by atoms with E-state index in [0.717, 1.165) is 55.7 Å². The van der Waals surface area contributed by atoms with Gasteiger partial charge in [0, 0.05) is 31.2 Å². The summed E-state index contributed by atoms with van der Waals surface area (Å²) in [6, 6.07) is 7.93. The lowest BCUT2D eigenvalue weighted by molar-refractivity contribution is -0.122. The van der Waals surface area contributed by atoms with Crippen molar-refractivity contribution < 1.29 is 9.53 Å². The van der Waals surface area contributed by atoms with Gasteiger partial charge in [-0.3, -0.25) is 9.79 Å². The Kier molecular flexibility index (Phi) is 12.3. The molecule has 3 N–H and O–H groups in total. The van der Waals surface area contributed by atoms with Crippen LogP contribution in [-0.4, -0.2) is 62.1 Å². The zero-order valence-corrected chi connectivity index (χ0v) is 22.8. The van der Waals surface area contributed by atoms with Gasteiger partial charge in [0.2, 0.25) is 5.91 Å². The van der Waals surface area contributed by atoms with Crippen molar-refractivity contribution in [1.29, 1.82) is 0 Å². The van der Waals surface area contributed by atoms with Crippen LogP contribution in [0.1, 0.15) is 52.9 Å². The summed E-state index contributed by atoms with van der Waals surface area (Å²) in [6.45, 7) is 11.9. The van der Waals surface area contributed by atoms with Crippen LogP contribution in [0.5, 0.6) is 5.75 Å². The number of ether oxygens (including phenoxy) is 1. The quantitative estimate of drug-likeness (QED) is 0.162. The third-order valence-corrected chi connectivity index (χ3v) is 5.93. The molecule has 1 amide bonds. The second-order valence-corrected chi connectivity index (χ2v) is 9.42. The van der Waals surface area contributed by atoms with E-state index in [1.54, 1.807) is 0 Å². The van der Waals surface area contributed by atoms with Gasteiger partial charge >= 0.3 is 0 Å². The minimum atomic E-state index is 0. The number of halogens is 1. The molecule has 1 aliphatic heterocycles. The van der Waals surface area contributed by atoms with Gasteiger partial charge in [-0.1, -0.05) is 6.92 Å². The van der Waals surface area contributed by atoms with E-state index in [4.69, 9.17) is 9.73 Å². The van der Waals surface area contributed by atoms with Gasteiger partial charge in [-0.25, -0.2) is 0 Å². The monoisotopic (exact) mass is 571 g/mol. The van der Waals surface area contributed by atoms with E-state index in [9.17, 15) is 4.79 Å². The Bertz CT molecular complexity index is 729. The van der Waals surface area contributed by atoms with Crippen molar-refractivity contribution in [3.63, 3.8) is 0 Å². The molecule has 7 nitrogen and oxygen atoms in total. The Morgan fingerprint density at radius 1 is 1.09 bits per heavy atom. The number of hydrogen-bond acceptors (Lipinski definition) is 4. The number of amides is 1. The molecule has 1 aromatic carbocycles. The van der Waals surface area contributed by atoms with Gasteiger partial charge in [0.15, 0.2) is 5.96 Å². The second-order valence-electron chi connectivity index (χ2n) is 9.42. The van der Waals surface area contributed by atoms with Crippen LogP contribution >= 0.6 is 24.0 Å². The molecule has 0 aromatic heterocycles.